The van der Waals surface area contributed by atoms with E-state index in [-0.39, 0.29) is 12.4 Å². The number of H-pyrrole nitrogens is 1. The predicted octanol–water partition coefficient (Wildman–Crippen LogP) is 0.137. The lowest BCUT2D eigenvalue weighted by Gasteiger charge is -2.33. The van der Waals surface area contributed by atoms with Crippen LogP contribution in [-0.2, 0) is 6.42 Å². The fourth-order valence-electron chi connectivity index (χ4n) is 4.75. The number of aromatic amines is 1. The van der Waals surface area contributed by atoms with Gasteiger partial charge in [-0.2, -0.15) is 0 Å². The summed E-state index contributed by atoms with van der Waals surface area (Å²) in [4.78, 5) is 29.2. The van der Waals surface area contributed by atoms with Crippen LogP contribution in [0.1, 0.15) is 22.7 Å². The average Bonchev–Trinajstić information content (AvgIpc) is 3.27. The van der Waals surface area contributed by atoms with Crippen molar-refractivity contribution >= 4 is 0 Å². The van der Waals surface area contributed by atoms with Gasteiger partial charge in [0.1, 0.15) is 11.3 Å². The van der Waals surface area contributed by atoms with Crippen LogP contribution in [0.4, 0.5) is 0 Å². The van der Waals surface area contributed by atoms with E-state index in [1.165, 1.54) is 14.2 Å². The second kappa shape index (κ2) is 7.89. The Morgan fingerprint density at radius 3 is 2.70 bits per heavy atom. The highest BCUT2D eigenvalue weighted by atomic mass is 16.7. The summed E-state index contributed by atoms with van der Waals surface area (Å²) in [6.45, 7) is 0.763. The van der Waals surface area contributed by atoms with Gasteiger partial charge in [-0.05, 0) is 23.8 Å². The van der Waals surface area contributed by atoms with Crippen LogP contribution < -0.4 is 35.1 Å². The van der Waals surface area contributed by atoms with Crippen molar-refractivity contribution in [3.63, 3.8) is 0 Å². The lowest BCUT2D eigenvalue weighted by Crippen LogP contribution is -3.10. The number of fused-ring (bicyclic) bond motifs is 2. The number of ether oxygens (including phenoxy) is 4. The number of aromatic hydroxyl groups is 1. The lowest BCUT2D eigenvalue weighted by molar-refractivity contribution is -0.908. The van der Waals surface area contributed by atoms with Gasteiger partial charge in [0.2, 0.25) is 18.4 Å². The summed E-state index contributed by atoms with van der Waals surface area (Å²) in [6, 6.07) is 8.03. The van der Waals surface area contributed by atoms with Gasteiger partial charge in [0.25, 0.3) is 5.56 Å². The molecule has 1 unspecified atom stereocenters. The number of hydrogen-bond donors (Lipinski definition) is 3. The first-order chi connectivity index (χ1) is 16.0. The van der Waals surface area contributed by atoms with Crippen molar-refractivity contribution in [3.8, 4) is 34.6 Å². The number of aromatic nitrogens is 2. The minimum absolute atomic E-state index is 0.0520. The van der Waals surface area contributed by atoms with Gasteiger partial charge in [-0.15, -0.1) is 0 Å². The van der Waals surface area contributed by atoms with E-state index in [0.717, 1.165) is 27.0 Å². The van der Waals surface area contributed by atoms with Crippen molar-refractivity contribution < 1.29 is 29.0 Å². The first kappa shape index (κ1) is 21.0. The Labute approximate surface area is 188 Å². The molecule has 1 aromatic heterocycles. The molecule has 10 heteroatoms. The number of nitrogens with zero attached hydrogens (tertiary/aromatic N) is 1. The number of nitrogens with one attached hydrogen (secondary N) is 2. The van der Waals surface area contributed by atoms with Gasteiger partial charge in [0, 0.05) is 6.42 Å². The van der Waals surface area contributed by atoms with Crippen LogP contribution in [0.5, 0.6) is 28.9 Å². The number of para-hydroxylation sites is 2. The highest BCUT2D eigenvalue weighted by molar-refractivity contribution is 5.63. The van der Waals surface area contributed by atoms with Gasteiger partial charge in [-0.1, -0.05) is 12.1 Å². The van der Waals surface area contributed by atoms with E-state index in [2.05, 4.69) is 4.98 Å². The molecule has 0 spiro atoms. The molecule has 33 heavy (non-hydrogen) atoms. The minimum atomic E-state index is -0.767. The van der Waals surface area contributed by atoms with Crippen LogP contribution in [0.25, 0.3) is 5.69 Å². The molecule has 3 heterocycles. The molecule has 2 aliphatic heterocycles. The van der Waals surface area contributed by atoms with Gasteiger partial charge in [0.15, 0.2) is 17.5 Å². The van der Waals surface area contributed by atoms with Crippen molar-refractivity contribution in [1.82, 2.24) is 9.55 Å². The van der Waals surface area contributed by atoms with Gasteiger partial charge in [-0.25, -0.2) is 9.36 Å². The fraction of sp³-hybridized carbons (Fsp3) is 0.304. The number of hydrogen-bond acceptors (Lipinski definition) is 7. The third-order valence-corrected chi connectivity index (χ3v) is 6.25. The Hall–Kier alpha value is -3.92. The number of quaternary nitrogens is 1. The molecule has 172 valence electrons. The molecule has 3 aromatic rings. The quantitative estimate of drug-likeness (QED) is 0.513. The Bertz CT molecular complexity index is 1360. The van der Waals surface area contributed by atoms with Crippen LogP contribution in [0.3, 0.4) is 0 Å². The largest absolute Gasteiger partial charge is 0.495 e. The summed E-state index contributed by atoms with van der Waals surface area (Å²) in [7, 11) is 4.92. The van der Waals surface area contributed by atoms with E-state index in [0.29, 0.717) is 35.2 Å². The van der Waals surface area contributed by atoms with Crippen LogP contribution >= 0.6 is 0 Å². The molecule has 0 saturated heterocycles. The van der Waals surface area contributed by atoms with Crippen molar-refractivity contribution in [2.45, 2.75) is 12.5 Å². The van der Waals surface area contributed by atoms with Gasteiger partial charge in [-0.3, -0.25) is 9.78 Å². The van der Waals surface area contributed by atoms with E-state index in [1.807, 2.05) is 13.1 Å². The molecule has 5 rings (SSSR count). The molecule has 0 aliphatic carbocycles. The summed E-state index contributed by atoms with van der Waals surface area (Å²) in [5.41, 5.74) is 0.581. The second-order valence-corrected chi connectivity index (χ2v) is 8.00. The molecule has 2 aromatic carbocycles. The number of likely N-dealkylation sites (N-methyl/N-ethyl adjacent to an activating group) is 1. The highest BCUT2D eigenvalue weighted by Gasteiger charge is 2.41. The third kappa shape index (κ3) is 3.13. The molecule has 0 amide bonds. The average molecular weight is 454 g/mol. The summed E-state index contributed by atoms with van der Waals surface area (Å²) in [5.74, 6) is 1.42. The van der Waals surface area contributed by atoms with Crippen molar-refractivity contribution in [3.05, 3.63) is 67.9 Å². The topological polar surface area (TPSA) is 116 Å². The summed E-state index contributed by atoms with van der Waals surface area (Å²) in [5, 5.41) is 11.4. The molecule has 0 saturated carbocycles. The zero-order chi connectivity index (χ0) is 23.3. The Balaban J connectivity index is 1.80. The maximum Gasteiger partial charge on any atom is 0.335 e. The molecule has 2 atom stereocenters. The van der Waals surface area contributed by atoms with E-state index in [4.69, 9.17) is 18.9 Å². The Morgan fingerprint density at radius 1 is 1.15 bits per heavy atom. The smallest absolute Gasteiger partial charge is 0.335 e. The van der Waals surface area contributed by atoms with Gasteiger partial charge < -0.3 is 29.0 Å². The summed E-state index contributed by atoms with van der Waals surface area (Å²) >= 11 is 0. The van der Waals surface area contributed by atoms with Crippen molar-refractivity contribution in [2.75, 3.05) is 34.6 Å². The second-order valence-electron chi connectivity index (χ2n) is 8.00. The standard InChI is InChI=1S/C23H23N3O7/c1-25-9-8-12-10-15-19(33-11-32-15)20(31-3)16(12)18(25)17-21(27)24-23(29)26(22(17)28)13-6-4-5-7-14(13)30-2/h4-7,10,18,28H,8-9,11H2,1-3H3,(H,24,27,29)/p+1/t18-/m1/s1. The number of methoxy groups -OCH3 is 2. The van der Waals surface area contributed by atoms with Crippen molar-refractivity contribution in [2.24, 2.45) is 0 Å². The fourth-order valence-corrected chi connectivity index (χ4v) is 4.75. The van der Waals surface area contributed by atoms with Crippen molar-refractivity contribution in [1.29, 1.82) is 0 Å². The summed E-state index contributed by atoms with van der Waals surface area (Å²) in [6.07, 6.45) is 0.718. The summed E-state index contributed by atoms with van der Waals surface area (Å²) < 4.78 is 23.3. The molecule has 0 fully saturated rings. The van der Waals surface area contributed by atoms with E-state index >= 15 is 0 Å². The molecular weight excluding hydrogens is 430 g/mol. The molecule has 0 bridgehead atoms. The van der Waals surface area contributed by atoms with Crippen LogP contribution in [0.2, 0.25) is 0 Å². The first-order valence-corrected chi connectivity index (χ1v) is 10.5. The highest BCUT2D eigenvalue weighted by Crippen LogP contribution is 2.48. The van der Waals surface area contributed by atoms with Crippen LogP contribution in [0.15, 0.2) is 39.9 Å². The lowest BCUT2D eigenvalue weighted by atomic mass is 9.87. The maximum absolute atomic E-state index is 13.1. The Morgan fingerprint density at radius 2 is 1.94 bits per heavy atom. The molecule has 3 N–H and O–H groups in total. The number of rotatable bonds is 4. The third-order valence-electron chi connectivity index (χ3n) is 6.25. The van der Waals surface area contributed by atoms with Crippen LogP contribution in [0, 0.1) is 0 Å². The normalized spacial score (nSPS) is 18.6. The Kier molecular flexibility index (Phi) is 5.01. The van der Waals surface area contributed by atoms with Gasteiger partial charge in [0.05, 0.1) is 39.1 Å². The van der Waals surface area contributed by atoms with Gasteiger partial charge >= 0.3 is 5.69 Å². The molecule has 0 radical (unpaired) electrons. The van der Waals surface area contributed by atoms with E-state index < -0.39 is 23.2 Å². The minimum Gasteiger partial charge on any atom is -0.495 e. The number of benzene rings is 2. The van der Waals surface area contributed by atoms with Crippen LogP contribution in [-0.4, -0.2) is 49.3 Å². The molecular formula is C23H24N3O7+. The van der Waals surface area contributed by atoms with E-state index in [1.54, 1.807) is 24.3 Å². The van der Waals surface area contributed by atoms with E-state index in [9.17, 15) is 14.7 Å². The SMILES string of the molecule is COc1ccccc1-n1c(O)c([C@H]2c3c(cc4c(c3OC)OCO4)CC[NH+]2C)c(=O)[nH]c1=O. The molecule has 2 aliphatic rings. The molecule has 10 nitrogen and oxygen atoms in total. The monoisotopic (exact) mass is 454 g/mol. The maximum atomic E-state index is 13.1. The predicted molar refractivity (Wildman–Crippen MR) is 117 cm³/mol. The zero-order valence-corrected chi connectivity index (χ0v) is 18.4. The first-order valence-electron chi connectivity index (χ1n) is 10.5. The zero-order valence-electron chi connectivity index (χ0n) is 18.4.